The number of hydrogen-bond donors (Lipinski definition) is 1. The molecule has 1 aliphatic heterocycles. The van der Waals surface area contributed by atoms with Crippen molar-refractivity contribution in [2.24, 2.45) is 0 Å². The Bertz CT molecular complexity index is 1510. The van der Waals surface area contributed by atoms with Crippen LogP contribution in [0.2, 0.25) is 10.0 Å². The Morgan fingerprint density at radius 3 is 2.33 bits per heavy atom. The van der Waals surface area contributed by atoms with E-state index in [-0.39, 0.29) is 17.9 Å². The fraction of sp³-hybridized carbons (Fsp3) is 0.276. The van der Waals surface area contributed by atoms with E-state index in [1.807, 2.05) is 37.3 Å². The fourth-order valence-corrected chi connectivity index (χ4v) is 5.37. The minimum atomic E-state index is -0.956. The largest absolute Gasteiger partial charge is 0.358 e. The molecule has 0 radical (unpaired) electrons. The Morgan fingerprint density at radius 2 is 1.75 bits per heavy atom. The molecule has 3 aromatic carbocycles. The molecule has 4 unspecified atom stereocenters. The van der Waals surface area contributed by atoms with Crippen LogP contribution in [-0.2, 0) is 16.0 Å². The van der Waals surface area contributed by atoms with Crippen LogP contribution in [0.5, 0.6) is 0 Å². The number of rotatable bonds is 8. The van der Waals surface area contributed by atoms with Gasteiger partial charge in [0.05, 0.1) is 17.6 Å². The number of benzene rings is 3. The van der Waals surface area contributed by atoms with Crippen molar-refractivity contribution in [3.8, 4) is 6.07 Å². The number of morpholine rings is 1. The van der Waals surface area contributed by atoms with Gasteiger partial charge in [-0.2, -0.15) is 10.5 Å². The molecule has 0 spiro atoms. The lowest BCUT2D eigenvalue weighted by Gasteiger charge is -2.47. The zero-order valence-electron chi connectivity index (χ0n) is 21.5. The van der Waals surface area contributed by atoms with Crippen LogP contribution >= 0.6 is 23.2 Å². The van der Waals surface area contributed by atoms with Crippen molar-refractivity contribution < 1.29 is 13.9 Å². The predicted molar refractivity (Wildman–Crippen MR) is 147 cm³/mol. The number of ether oxygens (including phenoxy) is 1. The summed E-state index contributed by atoms with van der Waals surface area (Å²) in [5.41, 5.74) is 2.08. The maximum atomic E-state index is 14.5. The second kappa shape index (κ2) is 12.1. The summed E-state index contributed by atoms with van der Waals surface area (Å²) in [5.74, 6) is -0.559. The SMILES string of the molecule is CCCC(c1nn[nH]n1)N1C(=O)C(Cc2ccc(C#N)c(F)c2)OC(c2ccc(Cl)cc2)C1c1ccc(Cl)cc1. The van der Waals surface area contributed by atoms with Crippen LogP contribution in [0.15, 0.2) is 66.7 Å². The minimum Gasteiger partial charge on any atom is -0.358 e. The number of aromatic nitrogens is 4. The molecule has 1 aromatic heterocycles. The van der Waals surface area contributed by atoms with Gasteiger partial charge in [0.2, 0.25) is 0 Å². The first-order chi connectivity index (χ1) is 19.4. The third-order valence-electron chi connectivity index (χ3n) is 6.97. The maximum absolute atomic E-state index is 14.5. The van der Waals surface area contributed by atoms with E-state index in [0.717, 1.165) is 17.5 Å². The summed E-state index contributed by atoms with van der Waals surface area (Å²) in [5, 5.41) is 25.0. The van der Waals surface area contributed by atoms with Crippen molar-refractivity contribution >= 4 is 29.1 Å². The molecule has 1 N–H and O–H groups in total. The molecule has 5 rings (SSSR count). The van der Waals surface area contributed by atoms with E-state index < -0.39 is 30.1 Å². The molecule has 8 nitrogen and oxygen atoms in total. The number of nitrogens with zero attached hydrogens (tertiary/aromatic N) is 5. The third kappa shape index (κ3) is 5.70. The van der Waals surface area contributed by atoms with Gasteiger partial charge < -0.3 is 9.64 Å². The molecule has 204 valence electrons. The smallest absolute Gasteiger partial charge is 0.253 e. The van der Waals surface area contributed by atoms with Gasteiger partial charge in [-0.05, 0) is 59.5 Å². The standard InChI is InChI=1S/C29H25Cl2FN6O2/c1-2-3-24(28-34-36-37-35-28)38-26(18-6-10-21(30)11-7-18)27(19-8-12-22(31)13-9-19)40-25(29(38)39)15-17-4-5-20(16-33)23(32)14-17/h4-14,24-27H,2-3,15H2,1H3,(H,34,35,36,37). The quantitative estimate of drug-likeness (QED) is 0.262. The zero-order chi connectivity index (χ0) is 28.2. The lowest BCUT2D eigenvalue weighted by atomic mass is 9.88. The second-order valence-corrected chi connectivity index (χ2v) is 10.4. The van der Waals surface area contributed by atoms with Gasteiger partial charge in [0.1, 0.15) is 24.1 Å². The van der Waals surface area contributed by atoms with Gasteiger partial charge in [-0.1, -0.05) is 72.1 Å². The molecule has 40 heavy (non-hydrogen) atoms. The first-order valence-corrected chi connectivity index (χ1v) is 13.6. The van der Waals surface area contributed by atoms with Crippen molar-refractivity contribution in [3.05, 3.63) is 111 Å². The minimum absolute atomic E-state index is 0.0665. The van der Waals surface area contributed by atoms with E-state index in [2.05, 4.69) is 20.6 Å². The second-order valence-electron chi connectivity index (χ2n) is 9.54. The van der Waals surface area contributed by atoms with Crippen LogP contribution in [0.1, 0.15) is 66.0 Å². The monoisotopic (exact) mass is 578 g/mol. The molecular weight excluding hydrogens is 554 g/mol. The van der Waals surface area contributed by atoms with Crippen LogP contribution in [-0.4, -0.2) is 37.5 Å². The number of hydrogen-bond acceptors (Lipinski definition) is 6. The molecule has 4 atom stereocenters. The van der Waals surface area contributed by atoms with Crippen molar-refractivity contribution in [3.63, 3.8) is 0 Å². The lowest BCUT2D eigenvalue weighted by Crippen LogP contribution is -2.53. The summed E-state index contributed by atoms with van der Waals surface area (Å²) in [6.45, 7) is 2.02. The Kier molecular flexibility index (Phi) is 8.40. The Hall–Kier alpha value is -3.84. The van der Waals surface area contributed by atoms with Gasteiger partial charge in [-0.15, -0.1) is 10.2 Å². The van der Waals surface area contributed by atoms with Crippen LogP contribution in [0, 0.1) is 17.1 Å². The highest BCUT2D eigenvalue weighted by molar-refractivity contribution is 6.30. The topological polar surface area (TPSA) is 108 Å². The van der Waals surface area contributed by atoms with E-state index in [9.17, 15) is 9.18 Å². The third-order valence-corrected chi connectivity index (χ3v) is 7.47. The van der Waals surface area contributed by atoms with Gasteiger partial charge >= 0.3 is 0 Å². The molecule has 2 heterocycles. The highest BCUT2D eigenvalue weighted by atomic mass is 35.5. The first-order valence-electron chi connectivity index (χ1n) is 12.8. The number of H-pyrrole nitrogens is 1. The van der Waals surface area contributed by atoms with Crippen molar-refractivity contribution in [1.82, 2.24) is 25.5 Å². The number of tetrazole rings is 1. The van der Waals surface area contributed by atoms with Gasteiger partial charge in [-0.3, -0.25) is 4.79 Å². The first kappa shape index (κ1) is 27.7. The highest BCUT2D eigenvalue weighted by Gasteiger charge is 2.47. The van der Waals surface area contributed by atoms with Crippen LogP contribution in [0.3, 0.4) is 0 Å². The van der Waals surface area contributed by atoms with Crippen molar-refractivity contribution in [1.29, 1.82) is 5.26 Å². The number of carbonyl (C=O) groups is 1. The molecule has 0 aliphatic carbocycles. The molecule has 1 aliphatic rings. The van der Waals surface area contributed by atoms with Crippen LogP contribution in [0.4, 0.5) is 4.39 Å². The summed E-state index contributed by atoms with van der Waals surface area (Å²) in [7, 11) is 0. The number of carbonyl (C=O) groups excluding carboxylic acids is 1. The van der Waals surface area contributed by atoms with Crippen molar-refractivity contribution in [2.45, 2.75) is 50.5 Å². The molecule has 1 amide bonds. The molecule has 1 fully saturated rings. The number of amides is 1. The van der Waals surface area contributed by atoms with Crippen LogP contribution < -0.4 is 0 Å². The van der Waals surface area contributed by atoms with Crippen LogP contribution in [0.25, 0.3) is 0 Å². The van der Waals surface area contributed by atoms with E-state index >= 15 is 0 Å². The van der Waals surface area contributed by atoms with Crippen molar-refractivity contribution in [2.75, 3.05) is 0 Å². The summed E-state index contributed by atoms with van der Waals surface area (Å²) < 4.78 is 21.1. The highest BCUT2D eigenvalue weighted by Crippen LogP contribution is 2.47. The number of aromatic amines is 1. The van der Waals surface area contributed by atoms with E-state index in [0.29, 0.717) is 27.9 Å². The Labute approximate surface area is 240 Å². The van der Waals surface area contributed by atoms with Gasteiger partial charge in [0.25, 0.3) is 5.91 Å². The number of halogens is 3. The normalized spacial score (nSPS) is 19.8. The average Bonchev–Trinajstić information content (AvgIpc) is 3.49. The summed E-state index contributed by atoms with van der Waals surface area (Å²) in [4.78, 5) is 16.1. The maximum Gasteiger partial charge on any atom is 0.253 e. The van der Waals surface area contributed by atoms with E-state index in [4.69, 9.17) is 33.2 Å². The average molecular weight is 579 g/mol. The number of nitriles is 1. The predicted octanol–water partition coefficient (Wildman–Crippen LogP) is 6.31. The molecule has 11 heteroatoms. The molecule has 0 bridgehead atoms. The Morgan fingerprint density at radius 1 is 1.07 bits per heavy atom. The summed E-state index contributed by atoms with van der Waals surface area (Å²) >= 11 is 12.4. The number of nitrogens with one attached hydrogen (secondary N) is 1. The molecular formula is C29H25Cl2FN6O2. The molecule has 4 aromatic rings. The van der Waals surface area contributed by atoms with E-state index in [1.54, 1.807) is 35.2 Å². The molecule has 0 saturated carbocycles. The zero-order valence-corrected chi connectivity index (χ0v) is 23.0. The Balaban J connectivity index is 1.64. The van der Waals surface area contributed by atoms with Gasteiger partial charge in [-0.25, -0.2) is 4.39 Å². The molecule has 1 saturated heterocycles. The van der Waals surface area contributed by atoms with Gasteiger partial charge in [0.15, 0.2) is 5.82 Å². The van der Waals surface area contributed by atoms with Gasteiger partial charge in [0, 0.05) is 16.5 Å². The summed E-state index contributed by atoms with van der Waals surface area (Å²) in [6, 6.07) is 19.6. The summed E-state index contributed by atoms with van der Waals surface area (Å²) in [6.07, 6.45) is -0.158. The van der Waals surface area contributed by atoms with E-state index in [1.165, 1.54) is 12.1 Å². The lowest BCUT2D eigenvalue weighted by molar-refractivity contribution is -0.180. The fourth-order valence-electron chi connectivity index (χ4n) is 5.12.